The van der Waals surface area contributed by atoms with Gasteiger partial charge in [0.1, 0.15) is 17.9 Å². The van der Waals surface area contributed by atoms with Gasteiger partial charge in [-0.15, -0.1) is 10.2 Å². The Morgan fingerprint density at radius 2 is 1.97 bits per heavy atom. The first-order chi connectivity index (χ1) is 14.1. The van der Waals surface area contributed by atoms with E-state index >= 15 is 0 Å². The van der Waals surface area contributed by atoms with Crippen LogP contribution in [0.1, 0.15) is 31.7 Å². The number of nitrogens with one attached hydrogen (secondary N) is 2. The molecule has 0 aliphatic heterocycles. The summed E-state index contributed by atoms with van der Waals surface area (Å²) in [6.45, 7) is 8.91. The van der Waals surface area contributed by atoms with Crippen LogP contribution in [-0.4, -0.2) is 66.0 Å². The van der Waals surface area contributed by atoms with Gasteiger partial charge in [-0.25, -0.2) is 4.99 Å². The third-order valence-corrected chi connectivity index (χ3v) is 4.36. The SMILES string of the molecule is CCNC(=NCc1ccc(OCCCN(C)C)cc1)NCCn1cnnc1CC. The molecule has 8 heteroatoms. The molecule has 2 aromatic rings. The van der Waals surface area contributed by atoms with E-state index < -0.39 is 0 Å². The largest absolute Gasteiger partial charge is 0.494 e. The summed E-state index contributed by atoms with van der Waals surface area (Å²) >= 11 is 0. The lowest BCUT2D eigenvalue weighted by atomic mass is 10.2. The molecule has 0 saturated carbocycles. The summed E-state index contributed by atoms with van der Waals surface area (Å²) in [6, 6.07) is 8.16. The van der Waals surface area contributed by atoms with Gasteiger partial charge in [0.05, 0.1) is 13.2 Å². The molecule has 0 spiro atoms. The molecular weight excluding hydrogens is 366 g/mol. The average molecular weight is 402 g/mol. The maximum atomic E-state index is 5.78. The fourth-order valence-electron chi connectivity index (χ4n) is 2.81. The highest BCUT2D eigenvalue weighted by atomic mass is 16.5. The molecule has 1 aromatic carbocycles. The molecule has 0 saturated heterocycles. The third kappa shape index (κ3) is 8.51. The van der Waals surface area contributed by atoms with Gasteiger partial charge in [-0.05, 0) is 45.1 Å². The van der Waals surface area contributed by atoms with E-state index in [0.717, 1.165) is 68.7 Å². The minimum Gasteiger partial charge on any atom is -0.494 e. The Morgan fingerprint density at radius 1 is 1.17 bits per heavy atom. The van der Waals surface area contributed by atoms with E-state index in [1.807, 2.05) is 12.1 Å². The summed E-state index contributed by atoms with van der Waals surface area (Å²) in [5.74, 6) is 2.71. The van der Waals surface area contributed by atoms with E-state index in [2.05, 4.69) is 75.4 Å². The highest BCUT2D eigenvalue weighted by Crippen LogP contribution is 2.13. The van der Waals surface area contributed by atoms with Crippen molar-refractivity contribution in [3.05, 3.63) is 42.0 Å². The fraction of sp³-hybridized carbons (Fsp3) is 0.571. The number of benzene rings is 1. The number of aromatic nitrogens is 3. The smallest absolute Gasteiger partial charge is 0.191 e. The van der Waals surface area contributed by atoms with Gasteiger partial charge in [0.15, 0.2) is 5.96 Å². The van der Waals surface area contributed by atoms with Crippen molar-refractivity contribution in [3.8, 4) is 5.75 Å². The van der Waals surface area contributed by atoms with Gasteiger partial charge >= 0.3 is 0 Å². The number of nitrogens with zero attached hydrogens (tertiary/aromatic N) is 5. The molecule has 0 fully saturated rings. The average Bonchev–Trinajstić information content (AvgIpc) is 3.17. The van der Waals surface area contributed by atoms with Crippen molar-refractivity contribution >= 4 is 5.96 Å². The van der Waals surface area contributed by atoms with Crippen LogP contribution in [0.3, 0.4) is 0 Å². The summed E-state index contributed by atoms with van der Waals surface area (Å²) in [6.07, 6.45) is 3.67. The standard InChI is InChI=1S/C21H35N7O/c1-5-20-26-25-17-28(20)14-12-23-21(22-6-2)24-16-18-8-10-19(11-9-18)29-15-7-13-27(3)4/h8-11,17H,5-7,12-16H2,1-4H3,(H2,22,23,24). The van der Waals surface area contributed by atoms with E-state index in [1.165, 1.54) is 0 Å². The topological polar surface area (TPSA) is 79.6 Å². The molecule has 8 nitrogen and oxygen atoms in total. The number of hydrogen-bond acceptors (Lipinski definition) is 5. The summed E-state index contributed by atoms with van der Waals surface area (Å²) in [5.41, 5.74) is 1.15. The molecule has 0 unspecified atom stereocenters. The van der Waals surface area contributed by atoms with E-state index in [1.54, 1.807) is 6.33 Å². The monoisotopic (exact) mass is 401 g/mol. The molecule has 0 bridgehead atoms. The zero-order valence-corrected chi connectivity index (χ0v) is 18.2. The third-order valence-electron chi connectivity index (χ3n) is 4.36. The molecule has 2 rings (SSSR count). The lowest BCUT2D eigenvalue weighted by molar-refractivity contribution is 0.281. The Kier molecular flexibility index (Phi) is 9.99. The number of aliphatic imine (C=N–C) groups is 1. The minimum absolute atomic E-state index is 0.614. The van der Waals surface area contributed by atoms with E-state index in [0.29, 0.717) is 6.54 Å². The van der Waals surface area contributed by atoms with Crippen LogP contribution >= 0.6 is 0 Å². The number of aryl methyl sites for hydroxylation is 1. The summed E-state index contributed by atoms with van der Waals surface area (Å²) in [5, 5.41) is 14.7. The van der Waals surface area contributed by atoms with Gasteiger partial charge in [0.25, 0.3) is 0 Å². The molecule has 1 heterocycles. The lowest BCUT2D eigenvalue weighted by Crippen LogP contribution is -2.38. The molecule has 0 amide bonds. The number of ether oxygens (including phenoxy) is 1. The Hall–Kier alpha value is -2.61. The maximum absolute atomic E-state index is 5.78. The van der Waals surface area contributed by atoms with Crippen molar-refractivity contribution in [1.29, 1.82) is 0 Å². The van der Waals surface area contributed by atoms with Crippen molar-refractivity contribution in [2.75, 3.05) is 40.3 Å². The van der Waals surface area contributed by atoms with E-state index in [9.17, 15) is 0 Å². The Balaban J connectivity index is 1.79. The maximum Gasteiger partial charge on any atom is 0.191 e. The highest BCUT2D eigenvalue weighted by molar-refractivity contribution is 5.79. The zero-order valence-electron chi connectivity index (χ0n) is 18.2. The molecule has 0 radical (unpaired) electrons. The summed E-state index contributed by atoms with van der Waals surface area (Å²) in [7, 11) is 4.15. The van der Waals surface area contributed by atoms with Gasteiger partial charge < -0.3 is 24.8 Å². The van der Waals surface area contributed by atoms with Gasteiger partial charge in [-0.3, -0.25) is 0 Å². The van der Waals surface area contributed by atoms with Gasteiger partial charge in [-0.2, -0.15) is 0 Å². The summed E-state index contributed by atoms with van der Waals surface area (Å²) in [4.78, 5) is 6.84. The minimum atomic E-state index is 0.614. The molecular formula is C21H35N7O. The second-order valence-electron chi connectivity index (χ2n) is 7.07. The Bertz CT molecular complexity index is 725. The van der Waals surface area contributed by atoms with Crippen molar-refractivity contribution in [2.24, 2.45) is 4.99 Å². The van der Waals surface area contributed by atoms with Crippen LogP contribution in [-0.2, 0) is 19.5 Å². The fourth-order valence-corrected chi connectivity index (χ4v) is 2.81. The van der Waals surface area contributed by atoms with Gasteiger partial charge in [0.2, 0.25) is 0 Å². The molecule has 1 aromatic heterocycles. The number of hydrogen-bond donors (Lipinski definition) is 2. The normalized spacial score (nSPS) is 11.7. The van der Waals surface area contributed by atoms with Crippen LogP contribution in [0.25, 0.3) is 0 Å². The predicted octanol–water partition coefficient (Wildman–Crippen LogP) is 1.93. The van der Waals surface area contributed by atoms with Crippen molar-refractivity contribution in [3.63, 3.8) is 0 Å². The van der Waals surface area contributed by atoms with Crippen molar-refractivity contribution in [2.45, 2.75) is 39.8 Å². The second kappa shape index (κ2) is 12.8. The molecule has 0 atom stereocenters. The van der Waals surface area contributed by atoms with Crippen LogP contribution in [0.2, 0.25) is 0 Å². The van der Waals surface area contributed by atoms with E-state index in [4.69, 9.17) is 4.74 Å². The van der Waals surface area contributed by atoms with Gasteiger partial charge in [0, 0.05) is 32.6 Å². The van der Waals surface area contributed by atoms with Crippen molar-refractivity contribution in [1.82, 2.24) is 30.3 Å². The molecule has 2 N–H and O–H groups in total. The lowest BCUT2D eigenvalue weighted by Gasteiger charge is -2.12. The van der Waals surface area contributed by atoms with Crippen molar-refractivity contribution < 1.29 is 4.74 Å². The number of guanidine groups is 1. The molecule has 160 valence electrons. The Labute approximate surface area is 174 Å². The predicted molar refractivity (Wildman–Crippen MR) is 117 cm³/mol. The highest BCUT2D eigenvalue weighted by Gasteiger charge is 2.03. The molecule has 0 aliphatic rings. The first kappa shape index (κ1) is 22.7. The molecule has 29 heavy (non-hydrogen) atoms. The quantitative estimate of drug-likeness (QED) is 0.321. The van der Waals surface area contributed by atoms with Crippen LogP contribution < -0.4 is 15.4 Å². The zero-order chi connectivity index (χ0) is 20.9. The first-order valence-electron chi connectivity index (χ1n) is 10.4. The summed E-state index contributed by atoms with van der Waals surface area (Å²) < 4.78 is 7.85. The van der Waals surface area contributed by atoms with Crippen LogP contribution in [0.15, 0.2) is 35.6 Å². The Morgan fingerprint density at radius 3 is 2.66 bits per heavy atom. The number of rotatable bonds is 12. The van der Waals surface area contributed by atoms with Crippen LogP contribution in [0, 0.1) is 0 Å². The molecule has 0 aliphatic carbocycles. The van der Waals surface area contributed by atoms with Crippen LogP contribution in [0.4, 0.5) is 0 Å². The first-order valence-corrected chi connectivity index (χ1v) is 10.4. The van der Waals surface area contributed by atoms with Gasteiger partial charge in [-0.1, -0.05) is 19.1 Å². The second-order valence-corrected chi connectivity index (χ2v) is 7.07. The van der Waals surface area contributed by atoms with E-state index in [-0.39, 0.29) is 0 Å². The van der Waals surface area contributed by atoms with Crippen LogP contribution in [0.5, 0.6) is 5.75 Å².